The van der Waals surface area contributed by atoms with E-state index in [4.69, 9.17) is 23.2 Å². The maximum Gasteiger partial charge on any atom is 0.337 e. The molecule has 0 saturated carbocycles. The van der Waals surface area contributed by atoms with Crippen LogP contribution in [0, 0.1) is 0 Å². The number of hydrazine groups is 2. The first kappa shape index (κ1) is 16.0. The van der Waals surface area contributed by atoms with Crippen LogP contribution in [-0.2, 0) is 0 Å². The fourth-order valence-electron chi connectivity index (χ4n) is 2.12. The topological polar surface area (TPSA) is 182 Å². The summed E-state index contributed by atoms with van der Waals surface area (Å²) in [6, 6.07) is 5.29. The lowest BCUT2D eigenvalue weighted by Gasteiger charge is -2.20. The number of carboxylic acid groups (broad SMARTS) is 1. The fraction of sp³-hybridized carbons (Fsp3) is 0. The molecule has 0 atom stereocenters. The zero-order valence-corrected chi connectivity index (χ0v) is 11.8. The molecule has 2 rings (SSSR count). The maximum absolute atomic E-state index is 11.4. The van der Waals surface area contributed by atoms with Gasteiger partial charge in [-0.15, -0.1) is 0 Å². The first-order chi connectivity index (χ1) is 10.7. The van der Waals surface area contributed by atoms with Crippen LogP contribution in [0.4, 0.5) is 21.0 Å². The minimum absolute atomic E-state index is 0.150. The van der Waals surface area contributed by atoms with Crippen LogP contribution in [0.3, 0.4) is 0 Å². The number of nitrogens with zero attached hydrogens (tertiary/aromatic N) is 2. The maximum atomic E-state index is 11.4. The number of nitrogens with two attached hydrogens (primary N) is 4. The Hall–Kier alpha value is -3.37. The minimum atomic E-state index is -1.30. The van der Waals surface area contributed by atoms with E-state index in [1.54, 1.807) is 12.1 Å². The molecule has 10 heteroatoms. The minimum Gasteiger partial charge on any atom is -0.478 e. The molecule has 0 heterocycles. The molecule has 120 valence electrons. The van der Waals surface area contributed by atoms with Crippen LogP contribution < -0.4 is 33.2 Å². The smallest absolute Gasteiger partial charge is 0.337 e. The summed E-state index contributed by atoms with van der Waals surface area (Å²) in [6.45, 7) is 0. The van der Waals surface area contributed by atoms with Crippen LogP contribution in [0.15, 0.2) is 30.3 Å². The lowest BCUT2D eigenvalue weighted by molar-refractivity contribution is 0.0698. The molecule has 0 saturated heterocycles. The van der Waals surface area contributed by atoms with E-state index in [1.807, 2.05) is 0 Å². The van der Waals surface area contributed by atoms with Crippen molar-refractivity contribution in [1.29, 1.82) is 0 Å². The van der Waals surface area contributed by atoms with Crippen molar-refractivity contribution in [1.82, 2.24) is 0 Å². The van der Waals surface area contributed by atoms with Crippen LogP contribution >= 0.6 is 0 Å². The number of amides is 4. The van der Waals surface area contributed by atoms with Crippen molar-refractivity contribution < 1.29 is 19.5 Å². The zero-order valence-electron chi connectivity index (χ0n) is 11.8. The molecule has 0 spiro atoms. The summed E-state index contributed by atoms with van der Waals surface area (Å²) in [7, 11) is 0. The highest BCUT2D eigenvalue weighted by atomic mass is 16.4. The first-order valence-electron chi connectivity index (χ1n) is 6.22. The van der Waals surface area contributed by atoms with Crippen molar-refractivity contribution in [2.24, 2.45) is 23.2 Å². The molecule has 2 aromatic carbocycles. The molecule has 9 N–H and O–H groups in total. The standard InChI is InChI=1S/C13H14N6O4/c14-12(22)18(16)9-3-1-2-6-4-8(11(20)21)10(5-7(6)9)19(17)13(15)23/h1-5H,16-17H2,(H2,14,22)(H2,15,23)(H,20,21). The number of fused-ring (bicyclic) bond motifs is 1. The Labute approximate surface area is 129 Å². The van der Waals surface area contributed by atoms with E-state index in [-0.39, 0.29) is 16.9 Å². The van der Waals surface area contributed by atoms with Gasteiger partial charge < -0.3 is 16.6 Å². The molecule has 0 fully saturated rings. The number of benzene rings is 2. The molecule has 0 bridgehead atoms. The molecule has 0 aliphatic carbocycles. The Bertz CT molecular complexity index is 821. The number of carboxylic acids is 1. The number of carbonyl (C=O) groups excluding carboxylic acids is 2. The predicted octanol–water partition coefficient (Wildman–Crippen LogP) is 0.0556. The largest absolute Gasteiger partial charge is 0.478 e. The van der Waals surface area contributed by atoms with Gasteiger partial charge in [-0.2, -0.15) is 0 Å². The van der Waals surface area contributed by atoms with E-state index in [0.717, 1.165) is 0 Å². The van der Waals surface area contributed by atoms with E-state index < -0.39 is 18.0 Å². The Morgan fingerprint density at radius 1 is 0.913 bits per heavy atom. The summed E-state index contributed by atoms with van der Waals surface area (Å²) in [4.78, 5) is 33.9. The highest BCUT2D eigenvalue weighted by molar-refractivity contribution is 6.09. The molecule has 0 radical (unpaired) electrons. The lowest BCUT2D eigenvalue weighted by Crippen LogP contribution is -2.42. The summed E-state index contributed by atoms with van der Waals surface area (Å²) in [5.74, 6) is 9.80. The van der Waals surface area contributed by atoms with Gasteiger partial charge in [0.1, 0.15) is 0 Å². The summed E-state index contributed by atoms with van der Waals surface area (Å²) < 4.78 is 0. The Kier molecular flexibility index (Phi) is 4.03. The summed E-state index contributed by atoms with van der Waals surface area (Å²) in [5.41, 5.74) is 10.1. The van der Waals surface area contributed by atoms with E-state index in [9.17, 15) is 19.5 Å². The van der Waals surface area contributed by atoms with Crippen molar-refractivity contribution in [2.45, 2.75) is 0 Å². The van der Waals surface area contributed by atoms with Gasteiger partial charge in [0.2, 0.25) is 0 Å². The fourth-order valence-corrected chi connectivity index (χ4v) is 2.12. The van der Waals surface area contributed by atoms with E-state index in [0.29, 0.717) is 20.8 Å². The zero-order chi connectivity index (χ0) is 17.3. The van der Waals surface area contributed by atoms with Crippen molar-refractivity contribution in [3.8, 4) is 0 Å². The van der Waals surface area contributed by atoms with Crippen LogP contribution in [0.1, 0.15) is 10.4 Å². The van der Waals surface area contributed by atoms with Crippen molar-refractivity contribution in [3.63, 3.8) is 0 Å². The van der Waals surface area contributed by atoms with Crippen LogP contribution in [0.25, 0.3) is 10.8 Å². The quantitative estimate of drug-likeness (QED) is 0.302. The molecule has 2 aromatic rings. The Balaban J connectivity index is 2.81. The average Bonchev–Trinajstić information content (AvgIpc) is 2.51. The number of primary amides is 2. The van der Waals surface area contributed by atoms with Gasteiger partial charge in [0, 0.05) is 5.39 Å². The summed E-state index contributed by atoms with van der Waals surface area (Å²) in [5, 5.41) is 11.3. The average molecular weight is 318 g/mol. The second-order valence-electron chi connectivity index (χ2n) is 4.59. The van der Waals surface area contributed by atoms with Crippen LogP contribution in [-0.4, -0.2) is 23.1 Å². The number of urea groups is 2. The molecular weight excluding hydrogens is 304 g/mol. The predicted molar refractivity (Wildman–Crippen MR) is 83.4 cm³/mol. The summed E-state index contributed by atoms with van der Waals surface area (Å²) in [6.07, 6.45) is 0. The third kappa shape index (κ3) is 2.84. The van der Waals surface area contributed by atoms with E-state index >= 15 is 0 Å². The Morgan fingerprint density at radius 2 is 1.48 bits per heavy atom. The van der Waals surface area contributed by atoms with Gasteiger partial charge in [-0.3, -0.25) is 0 Å². The molecule has 10 nitrogen and oxygen atoms in total. The highest BCUT2D eigenvalue weighted by Crippen LogP contribution is 2.32. The van der Waals surface area contributed by atoms with Crippen molar-refractivity contribution in [2.75, 3.05) is 10.0 Å². The SMILES string of the molecule is NC(=O)N(N)c1cc2c(N(N)C(N)=O)cccc2cc1C(=O)O. The molecule has 23 heavy (non-hydrogen) atoms. The van der Waals surface area contributed by atoms with Crippen LogP contribution in [0.5, 0.6) is 0 Å². The van der Waals surface area contributed by atoms with E-state index in [2.05, 4.69) is 0 Å². The monoisotopic (exact) mass is 318 g/mol. The molecular formula is C13H14N6O4. The lowest BCUT2D eigenvalue weighted by atomic mass is 10.0. The number of hydrogen-bond donors (Lipinski definition) is 5. The molecule has 4 amide bonds. The number of rotatable bonds is 3. The third-order valence-electron chi connectivity index (χ3n) is 3.20. The molecule has 0 aliphatic heterocycles. The normalized spacial score (nSPS) is 10.3. The van der Waals surface area contributed by atoms with Gasteiger partial charge in [-0.05, 0) is 23.6 Å². The third-order valence-corrected chi connectivity index (χ3v) is 3.20. The van der Waals surface area contributed by atoms with Gasteiger partial charge in [0.15, 0.2) is 0 Å². The van der Waals surface area contributed by atoms with Gasteiger partial charge >= 0.3 is 18.0 Å². The highest BCUT2D eigenvalue weighted by Gasteiger charge is 2.20. The van der Waals surface area contributed by atoms with Crippen LogP contribution in [0.2, 0.25) is 0 Å². The number of aromatic carboxylic acids is 1. The number of carbonyl (C=O) groups is 3. The molecule has 0 unspecified atom stereocenters. The van der Waals surface area contributed by atoms with Gasteiger partial charge in [0.05, 0.1) is 16.9 Å². The Morgan fingerprint density at radius 3 is 2.00 bits per heavy atom. The number of anilines is 2. The second kappa shape index (κ2) is 5.79. The summed E-state index contributed by atoms with van der Waals surface area (Å²) >= 11 is 0. The van der Waals surface area contributed by atoms with E-state index in [1.165, 1.54) is 18.2 Å². The van der Waals surface area contributed by atoms with Gasteiger partial charge in [0.25, 0.3) is 0 Å². The van der Waals surface area contributed by atoms with Gasteiger partial charge in [-0.1, -0.05) is 12.1 Å². The molecule has 0 aromatic heterocycles. The van der Waals surface area contributed by atoms with Crippen molar-refractivity contribution >= 4 is 40.2 Å². The number of hydrogen-bond acceptors (Lipinski definition) is 5. The molecule has 0 aliphatic rings. The van der Waals surface area contributed by atoms with Gasteiger partial charge in [-0.25, -0.2) is 36.1 Å². The van der Waals surface area contributed by atoms with Crippen molar-refractivity contribution in [3.05, 3.63) is 35.9 Å². The second-order valence-corrected chi connectivity index (χ2v) is 4.59. The first-order valence-corrected chi connectivity index (χ1v) is 6.22.